The van der Waals surface area contributed by atoms with Crippen molar-refractivity contribution in [3.05, 3.63) is 71.3 Å². The van der Waals surface area contributed by atoms with E-state index in [1.807, 2.05) is 43.6 Å². The number of aromatic nitrogens is 2. The zero-order valence-corrected chi connectivity index (χ0v) is 15.8. The highest BCUT2D eigenvalue weighted by Gasteiger charge is 2.09. The number of esters is 1. The Hall–Kier alpha value is -3.54. The van der Waals surface area contributed by atoms with Crippen LogP contribution in [0.5, 0.6) is 0 Å². The Morgan fingerprint density at radius 1 is 1.07 bits per heavy atom. The van der Waals surface area contributed by atoms with Crippen LogP contribution in [0, 0.1) is 0 Å². The SMILES string of the molecule is CC(=O)OCCn1ccc2cccc(Nc3ccc4c(ccn4C)c3)c2c1=O. The summed E-state index contributed by atoms with van der Waals surface area (Å²) in [5.41, 5.74) is 2.70. The fraction of sp³-hybridized carbons (Fsp3) is 0.182. The summed E-state index contributed by atoms with van der Waals surface area (Å²) in [6.45, 7) is 1.84. The minimum absolute atomic E-state index is 0.117. The number of anilines is 2. The summed E-state index contributed by atoms with van der Waals surface area (Å²) >= 11 is 0. The van der Waals surface area contributed by atoms with Gasteiger partial charge < -0.3 is 19.2 Å². The van der Waals surface area contributed by atoms with Crippen molar-refractivity contribution in [1.29, 1.82) is 0 Å². The van der Waals surface area contributed by atoms with Crippen molar-refractivity contribution < 1.29 is 9.53 Å². The molecule has 2 aromatic heterocycles. The van der Waals surface area contributed by atoms with Gasteiger partial charge in [0.25, 0.3) is 5.56 Å². The Labute approximate surface area is 162 Å². The Morgan fingerprint density at radius 2 is 1.89 bits per heavy atom. The minimum Gasteiger partial charge on any atom is -0.464 e. The Kier molecular flexibility index (Phi) is 4.61. The molecule has 0 atom stereocenters. The molecule has 142 valence electrons. The molecular formula is C22H21N3O3. The van der Waals surface area contributed by atoms with Crippen LogP contribution in [-0.2, 0) is 23.1 Å². The lowest BCUT2D eigenvalue weighted by Crippen LogP contribution is -2.23. The van der Waals surface area contributed by atoms with Crippen molar-refractivity contribution in [3.63, 3.8) is 0 Å². The number of pyridine rings is 1. The van der Waals surface area contributed by atoms with Gasteiger partial charge in [0.2, 0.25) is 0 Å². The number of nitrogens with zero attached hydrogens (tertiary/aromatic N) is 2. The normalized spacial score (nSPS) is 11.1. The first-order valence-electron chi connectivity index (χ1n) is 9.10. The van der Waals surface area contributed by atoms with Crippen molar-refractivity contribution in [2.45, 2.75) is 13.5 Å². The van der Waals surface area contributed by atoms with E-state index in [0.717, 1.165) is 27.7 Å². The van der Waals surface area contributed by atoms with Crippen LogP contribution in [0.2, 0.25) is 0 Å². The molecule has 4 rings (SSSR count). The molecule has 0 aliphatic heterocycles. The minimum atomic E-state index is -0.354. The predicted molar refractivity (Wildman–Crippen MR) is 111 cm³/mol. The van der Waals surface area contributed by atoms with Crippen molar-refractivity contribution in [3.8, 4) is 0 Å². The molecule has 0 bridgehead atoms. The van der Waals surface area contributed by atoms with Crippen LogP contribution in [0.3, 0.4) is 0 Å². The van der Waals surface area contributed by atoms with E-state index in [1.54, 1.807) is 10.8 Å². The summed E-state index contributed by atoms with van der Waals surface area (Å²) in [6.07, 6.45) is 3.75. The van der Waals surface area contributed by atoms with Crippen molar-refractivity contribution in [1.82, 2.24) is 9.13 Å². The van der Waals surface area contributed by atoms with E-state index in [9.17, 15) is 9.59 Å². The standard InChI is InChI=1S/C22H21N3O3/c1-15(26)28-13-12-25-11-9-16-4-3-5-19(21(16)22(25)27)23-18-6-7-20-17(14-18)8-10-24(20)2/h3-11,14,23H,12-13H2,1-2H3. The first-order valence-corrected chi connectivity index (χ1v) is 9.10. The highest BCUT2D eigenvalue weighted by atomic mass is 16.5. The third kappa shape index (κ3) is 3.36. The largest absolute Gasteiger partial charge is 0.464 e. The predicted octanol–water partition coefficient (Wildman–Crippen LogP) is 3.80. The first-order chi connectivity index (χ1) is 13.5. The van der Waals surface area contributed by atoms with Crippen LogP contribution < -0.4 is 10.9 Å². The van der Waals surface area contributed by atoms with Gasteiger partial charge in [-0.05, 0) is 41.8 Å². The third-order valence-electron chi connectivity index (χ3n) is 4.81. The summed E-state index contributed by atoms with van der Waals surface area (Å²) in [4.78, 5) is 24.0. The number of carbonyl (C=O) groups excluding carboxylic acids is 1. The molecule has 0 fully saturated rings. The summed E-state index contributed by atoms with van der Waals surface area (Å²) in [5, 5.41) is 5.99. The Bertz CT molecular complexity index is 1240. The fourth-order valence-electron chi connectivity index (χ4n) is 3.41. The Morgan fingerprint density at radius 3 is 2.71 bits per heavy atom. The van der Waals surface area contributed by atoms with Crippen LogP contribution in [0.4, 0.5) is 11.4 Å². The van der Waals surface area contributed by atoms with E-state index < -0.39 is 0 Å². The zero-order chi connectivity index (χ0) is 19.7. The summed E-state index contributed by atoms with van der Waals surface area (Å²) in [7, 11) is 2.01. The van der Waals surface area contributed by atoms with Crippen molar-refractivity contribution in [2.24, 2.45) is 7.05 Å². The van der Waals surface area contributed by atoms with Crippen LogP contribution in [0.15, 0.2) is 65.7 Å². The van der Waals surface area contributed by atoms with E-state index >= 15 is 0 Å². The van der Waals surface area contributed by atoms with E-state index in [1.165, 1.54) is 6.92 Å². The number of rotatable bonds is 5. The van der Waals surface area contributed by atoms with E-state index in [2.05, 4.69) is 28.1 Å². The molecule has 4 aromatic rings. The number of aryl methyl sites for hydroxylation is 1. The average Bonchev–Trinajstić information content (AvgIpc) is 3.04. The number of hydrogen-bond donors (Lipinski definition) is 1. The van der Waals surface area contributed by atoms with Crippen LogP contribution in [0.1, 0.15) is 6.92 Å². The molecule has 0 amide bonds. The van der Waals surface area contributed by atoms with Gasteiger partial charge in [-0.25, -0.2) is 0 Å². The topological polar surface area (TPSA) is 65.3 Å². The first kappa shape index (κ1) is 17.9. The van der Waals surface area contributed by atoms with Gasteiger partial charge in [-0.3, -0.25) is 9.59 Å². The summed E-state index contributed by atoms with van der Waals surface area (Å²) < 4.78 is 8.60. The maximum absolute atomic E-state index is 13.0. The molecule has 0 aliphatic rings. The van der Waals surface area contributed by atoms with E-state index in [0.29, 0.717) is 11.9 Å². The highest BCUT2D eigenvalue weighted by molar-refractivity contribution is 5.95. The maximum Gasteiger partial charge on any atom is 0.302 e. The maximum atomic E-state index is 13.0. The molecule has 28 heavy (non-hydrogen) atoms. The lowest BCUT2D eigenvalue weighted by Gasteiger charge is -2.12. The molecule has 6 heteroatoms. The number of carbonyl (C=O) groups is 1. The number of ether oxygens (including phenoxy) is 1. The van der Waals surface area contributed by atoms with Gasteiger partial charge in [0.05, 0.1) is 17.6 Å². The van der Waals surface area contributed by atoms with Gasteiger partial charge in [0.1, 0.15) is 6.61 Å². The zero-order valence-electron chi connectivity index (χ0n) is 15.8. The van der Waals surface area contributed by atoms with Crippen LogP contribution in [-0.4, -0.2) is 21.7 Å². The van der Waals surface area contributed by atoms with Crippen LogP contribution in [0.25, 0.3) is 21.7 Å². The van der Waals surface area contributed by atoms with Gasteiger partial charge in [0, 0.05) is 43.0 Å². The molecule has 6 nitrogen and oxygen atoms in total. The molecule has 0 saturated carbocycles. The fourth-order valence-corrected chi connectivity index (χ4v) is 3.41. The second-order valence-electron chi connectivity index (χ2n) is 6.75. The van der Waals surface area contributed by atoms with Crippen LogP contribution >= 0.6 is 0 Å². The molecule has 0 unspecified atom stereocenters. The van der Waals surface area contributed by atoms with Gasteiger partial charge in [-0.2, -0.15) is 0 Å². The molecule has 2 aromatic carbocycles. The monoisotopic (exact) mass is 375 g/mol. The Balaban J connectivity index is 1.71. The molecular weight excluding hydrogens is 354 g/mol. The highest BCUT2D eigenvalue weighted by Crippen LogP contribution is 2.26. The number of nitrogens with one attached hydrogen (secondary N) is 1. The molecule has 0 spiro atoms. The van der Waals surface area contributed by atoms with Crippen molar-refractivity contribution in [2.75, 3.05) is 11.9 Å². The van der Waals surface area contributed by atoms with Gasteiger partial charge >= 0.3 is 5.97 Å². The molecule has 1 N–H and O–H groups in total. The number of benzene rings is 2. The quantitative estimate of drug-likeness (QED) is 0.539. The lowest BCUT2D eigenvalue weighted by molar-refractivity contribution is -0.141. The molecule has 0 aliphatic carbocycles. The second kappa shape index (κ2) is 7.23. The summed E-state index contributed by atoms with van der Waals surface area (Å²) in [6, 6.07) is 15.8. The summed E-state index contributed by atoms with van der Waals surface area (Å²) in [5.74, 6) is -0.354. The third-order valence-corrected chi connectivity index (χ3v) is 4.81. The molecule has 0 saturated heterocycles. The smallest absolute Gasteiger partial charge is 0.302 e. The second-order valence-corrected chi connectivity index (χ2v) is 6.75. The average molecular weight is 375 g/mol. The van der Waals surface area contributed by atoms with E-state index in [4.69, 9.17) is 4.74 Å². The molecule has 0 radical (unpaired) electrons. The lowest BCUT2D eigenvalue weighted by atomic mass is 10.1. The van der Waals surface area contributed by atoms with Crippen molar-refractivity contribution >= 4 is 39.0 Å². The number of fused-ring (bicyclic) bond motifs is 2. The number of hydrogen-bond acceptors (Lipinski definition) is 4. The molecule has 2 heterocycles. The van der Waals surface area contributed by atoms with Gasteiger partial charge in [0.15, 0.2) is 0 Å². The van der Waals surface area contributed by atoms with E-state index in [-0.39, 0.29) is 18.1 Å². The van der Waals surface area contributed by atoms with Gasteiger partial charge in [-0.15, -0.1) is 0 Å². The van der Waals surface area contributed by atoms with Gasteiger partial charge in [-0.1, -0.05) is 12.1 Å².